The maximum atomic E-state index is 3.36. The Kier molecular flexibility index (Phi) is 4.92. The molecule has 7 heavy (non-hydrogen) atoms. The summed E-state index contributed by atoms with van der Waals surface area (Å²) >= 11 is 1.46. The molecule has 0 aromatic heterocycles. The number of hydrogen-bond acceptors (Lipinski definition) is 1. The molecule has 36 valence electrons. The van der Waals surface area contributed by atoms with Crippen molar-refractivity contribution in [2.75, 3.05) is 0 Å². The Balaban J connectivity index is 3.33. The van der Waals surface area contributed by atoms with E-state index in [4.69, 9.17) is 0 Å². The second-order valence-corrected chi connectivity index (χ2v) is 1.52. The predicted molar refractivity (Wildman–Crippen MR) is 35.0 cm³/mol. The lowest BCUT2D eigenvalue weighted by atomic mass is 11.0. The first kappa shape index (κ1) is 6.39. The molecule has 0 aliphatic rings. The molecule has 0 nitrogen and oxygen atoms in total. The van der Waals surface area contributed by atoms with Gasteiger partial charge in [0.05, 0.1) is 0 Å². The molecule has 0 aliphatic carbocycles. The van der Waals surface area contributed by atoms with Crippen LogP contribution in [0.2, 0.25) is 0 Å². The molecule has 0 spiro atoms. The Morgan fingerprint density at radius 1 is 1.14 bits per heavy atom. The smallest absolute Gasteiger partial charge is 0.0172 e. The van der Waals surface area contributed by atoms with Crippen molar-refractivity contribution in [1.82, 2.24) is 0 Å². The molecule has 0 aromatic carbocycles. The minimum atomic E-state index is 1.46. The summed E-state index contributed by atoms with van der Waals surface area (Å²) in [4.78, 5) is 0. The average molecular weight is 110 g/mol. The van der Waals surface area contributed by atoms with Crippen LogP contribution < -0.4 is 0 Å². The molecule has 0 amide bonds. The molecular formula is C6H6S. The van der Waals surface area contributed by atoms with Crippen LogP contribution in [-0.4, -0.2) is 0 Å². The summed E-state index contributed by atoms with van der Waals surface area (Å²) in [5.74, 6) is 0. The van der Waals surface area contributed by atoms with Crippen molar-refractivity contribution in [2.45, 2.75) is 0 Å². The first-order valence-electron chi connectivity index (χ1n) is 1.76. The van der Waals surface area contributed by atoms with Crippen molar-refractivity contribution in [3.05, 3.63) is 35.4 Å². The SMILES string of the molecule is C=C=CSC=C=C. The van der Waals surface area contributed by atoms with Crippen LogP contribution >= 0.6 is 11.8 Å². The Hall–Kier alpha value is -0.610. The van der Waals surface area contributed by atoms with Crippen LogP contribution in [0.4, 0.5) is 0 Å². The average Bonchev–Trinajstić information content (AvgIpc) is 1.69. The molecule has 0 saturated heterocycles. The standard InChI is InChI=1S/C6H6S/c1-3-5-7-6-4-2/h5-6H,1-2H2. The van der Waals surface area contributed by atoms with E-state index in [0.29, 0.717) is 0 Å². The van der Waals surface area contributed by atoms with Gasteiger partial charge in [-0.25, -0.2) is 0 Å². The zero-order chi connectivity index (χ0) is 5.54. The minimum absolute atomic E-state index is 1.46. The molecule has 1 heteroatoms. The first-order valence-corrected chi connectivity index (χ1v) is 2.70. The van der Waals surface area contributed by atoms with Gasteiger partial charge in [-0.15, -0.1) is 11.5 Å². The van der Waals surface area contributed by atoms with E-state index in [1.165, 1.54) is 11.8 Å². The van der Waals surface area contributed by atoms with E-state index in [1.807, 2.05) is 0 Å². The van der Waals surface area contributed by atoms with Crippen molar-refractivity contribution in [2.24, 2.45) is 0 Å². The van der Waals surface area contributed by atoms with Gasteiger partial charge in [0.2, 0.25) is 0 Å². The zero-order valence-electron chi connectivity index (χ0n) is 3.98. The lowest BCUT2D eigenvalue weighted by Crippen LogP contribution is -1.31. The van der Waals surface area contributed by atoms with Crippen LogP contribution in [0.5, 0.6) is 0 Å². The van der Waals surface area contributed by atoms with E-state index in [9.17, 15) is 0 Å². The monoisotopic (exact) mass is 110 g/mol. The van der Waals surface area contributed by atoms with Crippen LogP contribution in [0.1, 0.15) is 0 Å². The van der Waals surface area contributed by atoms with E-state index >= 15 is 0 Å². The fraction of sp³-hybridized carbons (Fsp3) is 0. The van der Waals surface area contributed by atoms with Gasteiger partial charge < -0.3 is 0 Å². The highest BCUT2D eigenvalue weighted by atomic mass is 32.2. The Bertz CT molecular complexity index is 107. The molecule has 0 atom stereocenters. The first-order chi connectivity index (χ1) is 3.41. The molecule has 0 radical (unpaired) electrons. The number of rotatable bonds is 2. The van der Waals surface area contributed by atoms with Crippen molar-refractivity contribution in [3.63, 3.8) is 0 Å². The normalized spacial score (nSPS) is 5.71. The lowest BCUT2D eigenvalue weighted by molar-refractivity contribution is 2.39. The largest absolute Gasteiger partial charge is 0.121 e. The van der Waals surface area contributed by atoms with Gasteiger partial charge in [-0.3, -0.25) is 0 Å². The predicted octanol–water partition coefficient (Wildman–Crippen LogP) is 2.32. The third kappa shape index (κ3) is 5.39. The maximum Gasteiger partial charge on any atom is 0.0172 e. The molecule has 0 aliphatic heterocycles. The number of thioether (sulfide) groups is 1. The van der Waals surface area contributed by atoms with Gasteiger partial charge in [0.25, 0.3) is 0 Å². The minimum Gasteiger partial charge on any atom is -0.121 e. The van der Waals surface area contributed by atoms with Gasteiger partial charge in [0, 0.05) is 10.8 Å². The maximum absolute atomic E-state index is 3.36. The topological polar surface area (TPSA) is 0 Å². The summed E-state index contributed by atoms with van der Waals surface area (Å²) in [6.07, 6.45) is 0. The molecule has 0 saturated carbocycles. The third-order valence-corrected chi connectivity index (χ3v) is 0.908. The van der Waals surface area contributed by atoms with E-state index in [2.05, 4.69) is 24.6 Å². The van der Waals surface area contributed by atoms with E-state index in [0.717, 1.165) is 0 Å². The molecule has 0 fully saturated rings. The zero-order valence-corrected chi connectivity index (χ0v) is 4.79. The van der Waals surface area contributed by atoms with Crippen LogP contribution in [-0.2, 0) is 0 Å². The van der Waals surface area contributed by atoms with Gasteiger partial charge in [-0.2, -0.15) is 0 Å². The fourth-order valence-corrected chi connectivity index (χ4v) is 0.391. The van der Waals surface area contributed by atoms with Gasteiger partial charge >= 0.3 is 0 Å². The van der Waals surface area contributed by atoms with E-state index < -0.39 is 0 Å². The molecule has 0 N–H and O–H groups in total. The second kappa shape index (κ2) is 5.39. The van der Waals surface area contributed by atoms with Crippen LogP contribution in [0.15, 0.2) is 35.4 Å². The highest BCUT2D eigenvalue weighted by Crippen LogP contribution is 1.98. The van der Waals surface area contributed by atoms with Gasteiger partial charge in [0.15, 0.2) is 0 Å². The van der Waals surface area contributed by atoms with E-state index in [-0.39, 0.29) is 0 Å². The fourth-order valence-electron chi connectivity index (χ4n) is 0.130. The molecule has 0 unspecified atom stereocenters. The van der Waals surface area contributed by atoms with Crippen LogP contribution in [0.3, 0.4) is 0 Å². The van der Waals surface area contributed by atoms with Crippen LogP contribution in [0.25, 0.3) is 0 Å². The third-order valence-electron chi connectivity index (χ3n) is 0.303. The summed E-state index contributed by atoms with van der Waals surface area (Å²) < 4.78 is 0. The summed E-state index contributed by atoms with van der Waals surface area (Å²) in [5.41, 5.74) is 5.18. The van der Waals surface area contributed by atoms with Gasteiger partial charge in [0.1, 0.15) is 0 Å². The second-order valence-electron chi connectivity index (χ2n) is 0.780. The van der Waals surface area contributed by atoms with Gasteiger partial charge in [-0.1, -0.05) is 24.9 Å². The van der Waals surface area contributed by atoms with Crippen molar-refractivity contribution < 1.29 is 0 Å². The summed E-state index contributed by atoms with van der Waals surface area (Å²) in [5, 5.41) is 3.47. The van der Waals surface area contributed by atoms with Gasteiger partial charge in [-0.05, 0) is 0 Å². The Morgan fingerprint density at radius 3 is 1.86 bits per heavy atom. The number of hydrogen-bond donors (Lipinski definition) is 0. The summed E-state index contributed by atoms with van der Waals surface area (Å²) in [7, 11) is 0. The highest BCUT2D eigenvalue weighted by Gasteiger charge is 1.58. The molecule has 0 heterocycles. The van der Waals surface area contributed by atoms with Crippen molar-refractivity contribution >= 4 is 11.8 Å². The highest BCUT2D eigenvalue weighted by molar-refractivity contribution is 8.04. The molecule has 0 rings (SSSR count). The Labute approximate surface area is 47.9 Å². The van der Waals surface area contributed by atoms with Crippen LogP contribution in [0, 0.1) is 0 Å². The van der Waals surface area contributed by atoms with E-state index in [1.54, 1.807) is 10.8 Å². The summed E-state index contributed by atoms with van der Waals surface area (Å²) in [6, 6.07) is 0. The van der Waals surface area contributed by atoms with Crippen molar-refractivity contribution in [1.29, 1.82) is 0 Å². The molecule has 0 bridgehead atoms. The Morgan fingerprint density at radius 2 is 1.57 bits per heavy atom. The molecule has 0 aromatic rings. The van der Waals surface area contributed by atoms with Crippen molar-refractivity contribution in [3.8, 4) is 0 Å². The quantitative estimate of drug-likeness (QED) is 0.491. The summed E-state index contributed by atoms with van der Waals surface area (Å²) in [6.45, 7) is 6.73. The molecular weight excluding hydrogens is 104 g/mol. The lowest BCUT2D eigenvalue weighted by Gasteiger charge is -1.66.